The number of ether oxygens (including phenoxy) is 1. The van der Waals surface area contributed by atoms with Crippen molar-refractivity contribution in [2.75, 3.05) is 5.75 Å². The fraction of sp³-hybridized carbons (Fsp3) is 0.227. The highest BCUT2D eigenvalue weighted by Crippen LogP contribution is 2.26. The fourth-order valence-electron chi connectivity index (χ4n) is 2.89. The maximum absolute atomic E-state index is 13.8. The SMILES string of the molecule is C=CCn1c(COc2ccccc2F)nnc1SCC(=O)NC(C)c1ccc(Cl)cc1Cl. The molecule has 6 nitrogen and oxygen atoms in total. The van der Waals surface area contributed by atoms with Crippen LogP contribution in [0.2, 0.25) is 10.0 Å². The van der Waals surface area contributed by atoms with Gasteiger partial charge in [-0.2, -0.15) is 0 Å². The van der Waals surface area contributed by atoms with Gasteiger partial charge in [0.1, 0.15) is 6.61 Å². The third kappa shape index (κ3) is 6.25. The summed E-state index contributed by atoms with van der Waals surface area (Å²) in [5.74, 6) is 0.106. The van der Waals surface area contributed by atoms with Crippen LogP contribution in [0, 0.1) is 5.82 Å². The predicted octanol–water partition coefficient (Wildman–Crippen LogP) is 5.46. The average molecular weight is 495 g/mol. The zero-order valence-corrected chi connectivity index (χ0v) is 19.6. The van der Waals surface area contributed by atoms with Crippen LogP contribution in [0.25, 0.3) is 0 Å². The van der Waals surface area contributed by atoms with Gasteiger partial charge < -0.3 is 10.1 Å². The highest BCUT2D eigenvalue weighted by atomic mass is 35.5. The number of halogens is 3. The van der Waals surface area contributed by atoms with Gasteiger partial charge in [0, 0.05) is 16.6 Å². The Hall–Kier alpha value is -2.55. The number of allylic oxidation sites excluding steroid dienone is 1. The number of amides is 1. The van der Waals surface area contributed by atoms with Crippen LogP contribution in [0.3, 0.4) is 0 Å². The minimum Gasteiger partial charge on any atom is -0.483 e. The molecule has 3 rings (SSSR count). The Kier molecular flexibility index (Phi) is 8.55. The number of carbonyl (C=O) groups excluding carboxylic acids is 1. The molecule has 32 heavy (non-hydrogen) atoms. The first-order valence-electron chi connectivity index (χ1n) is 9.66. The number of aromatic nitrogens is 3. The minimum atomic E-state index is -0.455. The highest BCUT2D eigenvalue weighted by Gasteiger charge is 2.17. The Balaban J connectivity index is 1.61. The van der Waals surface area contributed by atoms with Gasteiger partial charge in [0.05, 0.1) is 11.8 Å². The van der Waals surface area contributed by atoms with Crippen LogP contribution in [0.15, 0.2) is 60.3 Å². The second kappa shape index (κ2) is 11.4. The summed E-state index contributed by atoms with van der Waals surface area (Å²) in [7, 11) is 0. The van der Waals surface area contributed by atoms with Gasteiger partial charge in [-0.1, -0.05) is 59.2 Å². The summed E-state index contributed by atoms with van der Waals surface area (Å²) >= 11 is 13.4. The number of carbonyl (C=O) groups is 1. The summed E-state index contributed by atoms with van der Waals surface area (Å²) in [5.41, 5.74) is 0.775. The van der Waals surface area contributed by atoms with Gasteiger partial charge in [0.15, 0.2) is 22.5 Å². The molecule has 0 aliphatic heterocycles. The molecule has 10 heteroatoms. The topological polar surface area (TPSA) is 69.0 Å². The number of hydrogen-bond acceptors (Lipinski definition) is 5. The molecular weight excluding hydrogens is 474 g/mol. The third-order valence-corrected chi connectivity index (χ3v) is 5.97. The fourth-order valence-corrected chi connectivity index (χ4v) is 4.24. The number of hydrogen-bond donors (Lipinski definition) is 1. The molecule has 0 saturated carbocycles. The van der Waals surface area contributed by atoms with Crippen LogP contribution in [-0.4, -0.2) is 26.4 Å². The molecule has 1 unspecified atom stereocenters. The van der Waals surface area contributed by atoms with Gasteiger partial charge in [-0.25, -0.2) is 4.39 Å². The van der Waals surface area contributed by atoms with Crippen molar-refractivity contribution < 1.29 is 13.9 Å². The summed E-state index contributed by atoms with van der Waals surface area (Å²) in [6.07, 6.45) is 1.69. The van der Waals surface area contributed by atoms with Crippen molar-refractivity contribution in [1.29, 1.82) is 0 Å². The van der Waals surface area contributed by atoms with Crippen LogP contribution >= 0.6 is 35.0 Å². The van der Waals surface area contributed by atoms with Gasteiger partial charge >= 0.3 is 0 Å². The summed E-state index contributed by atoms with van der Waals surface area (Å²) in [5, 5.41) is 12.7. The molecule has 3 aromatic rings. The molecule has 0 aliphatic rings. The Labute approximate surface area is 199 Å². The van der Waals surface area contributed by atoms with Crippen molar-refractivity contribution in [3.63, 3.8) is 0 Å². The van der Waals surface area contributed by atoms with Gasteiger partial charge in [0.25, 0.3) is 0 Å². The lowest BCUT2D eigenvalue weighted by Gasteiger charge is -2.16. The van der Waals surface area contributed by atoms with Gasteiger partial charge in [-0.3, -0.25) is 9.36 Å². The molecule has 168 valence electrons. The molecule has 1 aromatic heterocycles. The number of para-hydroxylation sites is 1. The second-order valence-corrected chi connectivity index (χ2v) is 8.55. The van der Waals surface area contributed by atoms with E-state index < -0.39 is 5.82 Å². The Bertz CT molecular complexity index is 1110. The Morgan fingerprint density at radius 3 is 2.81 bits per heavy atom. The van der Waals surface area contributed by atoms with Crippen molar-refractivity contribution in [1.82, 2.24) is 20.1 Å². The van der Waals surface area contributed by atoms with Gasteiger partial charge in [0.2, 0.25) is 5.91 Å². The molecule has 1 atom stereocenters. The molecule has 1 amide bonds. The normalized spacial score (nSPS) is 11.8. The Morgan fingerprint density at radius 2 is 2.09 bits per heavy atom. The average Bonchev–Trinajstić information content (AvgIpc) is 3.13. The largest absolute Gasteiger partial charge is 0.483 e. The van der Waals surface area contributed by atoms with Crippen molar-refractivity contribution >= 4 is 40.9 Å². The number of rotatable bonds is 10. The minimum absolute atomic E-state index is 0.0284. The monoisotopic (exact) mass is 494 g/mol. The molecule has 0 aliphatic carbocycles. The molecule has 0 radical (unpaired) electrons. The predicted molar refractivity (Wildman–Crippen MR) is 125 cm³/mol. The summed E-state index contributed by atoms with van der Waals surface area (Å²) in [6.45, 7) is 6.04. The third-order valence-electron chi connectivity index (χ3n) is 4.44. The van der Waals surface area contributed by atoms with E-state index in [1.165, 1.54) is 23.9 Å². The summed E-state index contributed by atoms with van der Waals surface area (Å²) in [6, 6.07) is 11.0. The molecule has 0 saturated heterocycles. The van der Waals surface area contributed by atoms with Crippen LogP contribution < -0.4 is 10.1 Å². The van der Waals surface area contributed by atoms with Gasteiger partial charge in [-0.05, 0) is 36.8 Å². The maximum atomic E-state index is 13.8. The molecule has 1 heterocycles. The zero-order chi connectivity index (χ0) is 23.1. The van der Waals surface area contributed by atoms with E-state index in [4.69, 9.17) is 27.9 Å². The number of benzene rings is 2. The first-order valence-corrected chi connectivity index (χ1v) is 11.4. The van der Waals surface area contributed by atoms with E-state index in [-0.39, 0.29) is 30.1 Å². The van der Waals surface area contributed by atoms with E-state index in [0.29, 0.717) is 27.6 Å². The first kappa shape index (κ1) is 24.1. The first-order chi connectivity index (χ1) is 15.4. The summed E-state index contributed by atoms with van der Waals surface area (Å²) < 4.78 is 21.1. The summed E-state index contributed by atoms with van der Waals surface area (Å²) in [4.78, 5) is 12.5. The molecule has 2 aromatic carbocycles. The van der Waals surface area contributed by atoms with Gasteiger partial charge in [-0.15, -0.1) is 16.8 Å². The van der Waals surface area contributed by atoms with Crippen molar-refractivity contribution in [2.45, 2.75) is 31.3 Å². The number of nitrogens with zero attached hydrogens (tertiary/aromatic N) is 3. The van der Waals surface area contributed by atoms with E-state index in [0.717, 1.165) is 5.56 Å². The van der Waals surface area contributed by atoms with Crippen molar-refractivity contribution in [3.8, 4) is 5.75 Å². The van der Waals surface area contributed by atoms with Crippen molar-refractivity contribution in [2.24, 2.45) is 0 Å². The molecule has 0 spiro atoms. The van der Waals surface area contributed by atoms with Crippen LogP contribution in [0.1, 0.15) is 24.4 Å². The van der Waals surface area contributed by atoms with E-state index >= 15 is 0 Å². The number of thioether (sulfide) groups is 1. The highest BCUT2D eigenvalue weighted by molar-refractivity contribution is 7.99. The van der Waals surface area contributed by atoms with Crippen LogP contribution in [-0.2, 0) is 17.9 Å². The molecule has 0 bridgehead atoms. The van der Waals surface area contributed by atoms with Crippen molar-refractivity contribution in [3.05, 3.63) is 82.4 Å². The molecule has 1 N–H and O–H groups in total. The lowest BCUT2D eigenvalue weighted by molar-refractivity contribution is -0.119. The lowest BCUT2D eigenvalue weighted by Crippen LogP contribution is -2.28. The van der Waals surface area contributed by atoms with E-state index in [1.54, 1.807) is 41.0 Å². The zero-order valence-electron chi connectivity index (χ0n) is 17.2. The van der Waals surface area contributed by atoms with E-state index in [9.17, 15) is 9.18 Å². The number of nitrogens with one attached hydrogen (secondary N) is 1. The standard InChI is InChI=1S/C22H21Cl2FN4O2S/c1-3-10-29-20(12-31-19-7-5-4-6-18(19)25)27-28-22(29)32-13-21(30)26-14(2)16-9-8-15(23)11-17(16)24/h3-9,11,14H,1,10,12-13H2,2H3,(H,26,30). The quantitative estimate of drug-likeness (QED) is 0.299. The molecule has 0 fully saturated rings. The second-order valence-electron chi connectivity index (χ2n) is 6.76. The van der Waals surface area contributed by atoms with E-state index in [1.807, 2.05) is 6.92 Å². The Morgan fingerprint density at radius 1 is 1.31 bits per heavy atom. The van der Waals surface area contributed by atoms with Crippen LogP contribution in [0.4, 0.5) is 4.39 Å². The smallest absolute Gasteiger partial charge is 0.230 e. The van der Waals surface area contributed by atoms with Crippen LogP contribution in [0.5, 0.6) is 5.75 Å². The van der Waals surface area contributed by atoms with E-state index in [2.05, 4.69) is 22.1 Å². The lowest BCUT2D eigenvalue weighted by atomic mass is 10.1. The molecular formula is C22H21Cl2FN4O2S. The maximum Gasteiger partial charge on any atom is 0.230 e.